The SMILES string of the molecule is Cc1ccc(S(=O)(=O)Nc2cc(C)no2)c(C#CCO)c1. The van der Waals surface area contributed by atoms with E-state index >= 15 is 0 Å². The molecular weight excluding hydrogens is 292 g/mol. The Labute approximate surface area is 122 Å². The Hall–Kier alpha value is -2.30. The number of aryl methyl sites for hydroxylation is 2. The fourth-order valence-corrected chi connectivity index (χ4v) is 2.83. The minimum absolute atomic E-state index is 0.0168. The number of anilines is 1. The van der Waals surface area contributed by atoms with Crippen LogP contribution >= 0.6 is 0 Å². The number of aliphatic hydroxyl groups excluding tert-OH is 1. The molecule has 0 bridgehead atoms. The zero-order valence-corrected chi connectivity index (χ0v) is 12.4. The van der Waals surface area contributed by atoms with Crippen LogP contribution in [0.3, 0.4) is 0 Å². The van der Waals surface area contributed by atoms with E-state index in [0.29, 0.717) is 11.3 Å². The van der Waals surface area contributed by atoms with Gasteiger partial charge in [-0.05, 0) is 31.5 Å². The smallest absolute Gasteiger partial charge is 0.265 e. The largest absolute Gasteiger partial charge is 0.384 e. The molecule has 21 heavy (non-hydrogen) atoms. The Morgan fingerprint density at radius 1 is 1.33 bits per heavy atom. The maximum absolute atomic E-state index is 12.4. The molecule has 0 spiro atoms. The van der Waals surface area contributed by atoms with Crippen LogP contribution in [0.1, 0.15) is 16.8 Å². The predicted molar refractivity (Wildman–Crippen MR) is 77.2 cm³/mol. The lowest BCUT2D eigenvalue weighted by Crippen LogP contribution is -2.14. The molecule has 0 aliphatic carbocycles. The summed E-state index contributed by atoms with van der Waals surface area (Å²) in [6, 6.07) is 6.25. The summed E-state index contributed by atoms with van der Waals surface area (Å²) in [5.41, 5.74) is 1.75. The Morgan fingerprint density at radius 2 is 2.10 bits per heavy atom. The van der Waals surface area contributed by atoms with E-state index in [1.807, 2.05) is 6.92 Å². The van der Waals surface area contributed by atoms with Crippen molar-refractivity contribution >= 4 is 15.9 Å². The summed E-state index contributed by atoms with van der Waals surface area (Å²) in [6.45, 7) is 3.17. The van der Waals surface area contributed by atoms with Crippen molar-refractivity contribution in [2.45, 2.75) is 18.7 Å². The van der Waals surface area contributed by atoms with Gasteiger partial charge in [0.2, 0.25) is 5.88 Å². The van der Waals surface area contributed by atoms with E-state index in [-0.39, 0.29) is 17.4 Å². The van der Waals surface area contributed by atoms with Gasteiger partial charge < -0.3 is 9.63 Å². The van der Waals surface area contributed by atoms with Crippen LogP contribution < -0.4 is 4.72 Å². The first-order valence-electron chi connectivity index (χ1n) is 6.09. The summed E-state index contributed by atoms with van der Waals surface area (Å²) in [6.07, 6.45) is 0. The number of sulfonamides is 1. The van der Waals surface area contributed by atoms with Crippen molar-refractivity contribution in [1.82, 2.24) is 5.16 Å². The summed E-state index contributed by atoms with van der Waals surface area (Å²) in [5.74, 6) is 5.12. The number of aromatic nitrogens is 1. The van der Waals surface area contributed by atoms with E-state index in [4.69, 9.17) is 9.63 Å². The maximum Gasteiger partial charge on any atom is 0.265 e. The number of rotatable bonds is 3. The molecule has 0 saturated heterocycles. The number of aliphatic hydroxyl groups is 1. The third kappa shape index (κ3) is 3.62. The normalized spacial score (nSPS) is 10.8. The highest BCUT2D eigenvalue weighted by atomic mass is 32.2. The Bertz CT molecular complexity index is 813. The van der Waals surface area contributed by atoms with Crippen LogP contribution in [0.15, 0.2) is 33.7 Å². The molecule has 2 aromatic rings. The second kappa shape index (κ2) is 5.99. The van der Waals surface area contributed by atoms with Gasteiger partial charge in [-0.3, -0.25) is 0 Å². The fraction of sp³-hybridized carbons (Fsp3) is 0.214. The van der Waals surface area contributed by atoms with Gasteiger partial charge in [-0.2, -0.15) is 0 Å². The number of nitrogens with one attached hydrogen (secondary N) is 1. The molecule has 0 amide bonds. The van der Waals surface area contributed by atoms with Gasteiger partial charge in [0.1, 0.15) is 11.5 Å². The average molecular weight is 306 g/mol. The molecule has 0 atom stereocenters. The molecule has 2 rings (SSSR count). The Morgan fingerprint density at radius 3 is 2.71 bits per heavy atom. The van der Waals surface area contributed by atoms with Crippen molar-refractivity contribution in [3.05, 3.63) is 41.1 Å². The first-order valence-corrected chi connectivity index (χ1v) is 7.57. The number of hydrogen-bond acceptors (Lipinski definition) is 5. The second-order valence-electron chi connectivity index (χ2n) is 4.40. The minimum atomic E-state index is -3.85. The molecule has 1 heterocycles. The van der Waals surface area contributed by atoms with Gasteiger partial charge in [-0.15, -0.1) is 0 Å². The van der Waals surface area contributed by atoms with Crippen LogP contribution in [-0.2, 0) is 10.0 Å². The van der Waals surface area contributed by atoms with Crippen LogP contribution in [0.25, 0.3) is 0 Å². The first kappa shape index (κ1) is 15.1. The summed E-state index contributed by atoms with van der Waals surface area (Å²) < 4.78 is 31.9. The molecule has 0 aliphatic rings. The highest BCUT2D eigenvalue weighted by Gasteiger charge is 2.19. The van der Waals surface area contributed by atoms with Crippen molar-refractivity contribution < 1.29 is 18.0 Å². The van der Waals surface area contributed by atoms with Crippen molar-refractivity contribution in [2.24, 2.45) is 0 Å². The number of hydrogen-bond donors (Lipinski definition) is 2. The van der Waals surface area contributed by atoms with Crippen molar-refractivity contribution in [1.29, 1.82) is 0 Å². The van der Waals surface area contributed by atoms with Gasteiger partial charge in [0.15, 0.2) is 0 Å². The first-order chi connectivity index (χ1) is 9.92. The quantitative estimate of drug-likeness (QED) is 0.837. The highest BCUT2D eigenvalue weighted by Crippen LogP contribution is 2.20. The molecule has 0 radical (unpaired) electrons. The third-order valence-corrected chi connectivity index (χ3v) is 3.99. The van der Waals surface area contributed by atoms with Gasteiger partial charge in [-0.1, -0.05) is 23.1 Å². The summed E-state index contributed by atoms with van der Waals surface area (Å²) in [7, 11) is -3.85. The average Bonchev–Trinajstić information content (AvgIpc) is 2.80. The summed E-state index contributed by atoms with van der Waals surface area (Å²) in [5, 5.41) is 12.4. The predicted octanol–water partition coefficient (Wildman–Crippen LogP) is 1.44. The van der Waals surface area contributed by atoms with Crippen LogP contribution in [0.4, 0.5) is 5.88 Å². The van der Waals surface area contributed by atoms with E-state index in [9.17, 15) is 8.42 Å². The topological polar surface area (TPSA) is 92.4 Å². The molecule has 110 valence electrons. The molecule has 0 saturated carbocycles. The summed E-state index contributed by atoms with van der Waals surface area (Å²) in [4.78, 5) is 0.0168. The van der Waals surface area contributed by atoms with E-state index in [1.54, 1.807) is 19.1 Å². The lowest BCUT2D eigenvalue weighted by atomic mass is 10.1. The van der Waals surface area contributed by atoms with E-state index in [2.05, 4.69) is 21.7 Å². The highest BCUT2D eigenvalue weighted by molar-refractivity contribution is 7.92. The van der Waals surface area contributed by atoms with Crippen LogP contribution in [-0.4, -0.2) is 25.3 Å². The molecule has 0 unspecified atom stereocenters. The molecule has 1 aromatic heterocycles. The lowest BCUT2D eigenvalue weighted by molar-refractivity contribution is 0.350. The second-order valence-corrected chi connectivity index (χ2v) is 6.05. The molecule has 1 aromatic carbocycles. The standard InChI is InChI=1S/C14H14N2O4S/c1-10-5-6-13(12(8-10)4-3-7-17)21(18,19)16-14-9-11(2)15-20-14/h5-6,8-9,16-17H,7H2,1-2H3. The molecule has 0 aliphatic heterocycles. The zero-order valence-electron chi connectivity index (χ0n) is 11.5. The minimum Gasteiger partial charge on any atom is -0.384 e. The van der Waals surface area contributed by atoms with Gasteiger partial charge in [-0.25, -0.2) is 13.1 Å². The van der Waals surface area contributed by atoms with Gasteiger partial charge in [0.05, 0.1) is 5.69 Å². The third-order valence-electron chi connectivity index (χ3n) is 2.59. The Balaban J connectivity index is 2.44. The van der Waals surface area contributed by atoms with Gasteiger partial charge in [0.25, 0.3) is 10.0 Å². The van der Waals surface area contributed by atoms with E-state index in [1.165, 1.54) is 12.1 Å². The van der Waals surface area contributed by atoms with Crippen molar-refractivity contribution in [2.75, 3.05) is 11.3 Å². The Kier molecular flexibility index (Phi) is 4.31. The van der Waals surface area contributed by atoms with Crippen molar-refractivity contribution in [3.8, 4) is 11.8 Å². The van der Waals surface area contributed by atoms with E-state index in [0.717, 1.165) is 5.56 Å². The van der Waals surface area contributed by atoms with Crippen molar-refractivity contribution in [3.63, 3.8) is 0 Å². The maximum atomic E-state index is 12.4. The van der Waals surface area contributed by atoms with Gasteiger partial charge >= 0.3 is 0 Å². The van der Waals surface area contributed by atoms with Crippen LogP contribution in [0.2, 0.25) is 0 Å². The summed E-state index contributed by atoms with van der Waals surface area (Å²) >= 11 is 0. The number of benzene rings is 1. The van der Waals surface area contributed by atoms with Crippen LogP contribution in [0, 0.1) is 25.7 Å². The lowest BCUT2D eigenvalue weighted by Gasteiger charge is -2.07. The molecule has 2 N–H and O–H groups in total. The molecular formula is C14H14N2O4S. The molecule has 7 heteroatoms. The zero-order chi connectivity index (χ0) is 15.5. The van der Waals surface area contributed by atoms with Gasteiger partial charge in [0, 0.05) is 11.6 Å². The molecule has 0 fully saturated rings. The number of nitrogens with zero attached hydrogens (tertiary/aromatic N) is 1. The molecule has 6 nitrogen and oxygen atoms in total. The van der Waals surface area contributed by atoms with E-state index < -0.39 is 10.0 Å². The fourth-order valence-electron chi connectivity index (χ4n) is 1.71. The monoisotopic (exact) mass is 306 g/mol. The van der Waals surface area contributed by atoms with Crippen LogP contribution in [0.5, 0.6) is 0 Å².